The van der Waals surface area contributed by atoms with E-state index in [4.69, 9.17) is 18.5 Å². The van der Waals surface area contributed by atoms with Gasteiger partial charge in [0, 0.05) is 12.8 Å². The molecule has 2 unspecified atom stereocenters. The second kappa shape index (κ2) is 56.2. The maximum atomic E-state index is 12.8. The van der Waals surface area contributed by atoms with Crippen molar-refractivity contribution < 1.29 is 42.1 Å². The predicted octanol–water partition coefficient (Wildman–Crippen LogP) is 19.7. The number of phosphoric ester groups is 1. The molecule has 0 aliphatic carbocycles. The number of rotatable bonds is 57. The lowest BCUT2D eigenvalue weighted by Gasteiger charge is -2.24. The van der Waals surface area contributed by atoms with Crippen molar-refractivity contribution >= 4 is 19.8 Å². The number of quaternary nitrogens is 1. The number of phosphoric acid groups is 1. The molecule has 0 aromatic carbocycles. The first-order chi connectivity index (χ1) is 36.5. The molecule has 0 aliphatic heterocycles. The number of hydrogen-bond donors (Lipinski definition) is 1. The number of carbonyl (C=O) groups excluding carboxylic acids is 2. The molecule has 9 nitrogen and oxygen atoms in total. The highest BCUT2D eigenvalue weighted by molar-refractivity contribution is 7.47. The molecule has 0 rings (SSSR count). The molecule has 0 bridgehead atoms. The molecule has 0 saturated heterocycles. The van der Waals surface area contributed by atoms with Crippen LogP contribution in [0.1, 0.15) is 277 Å². The lowest BCUT2D eigenvalue weighted by atomic mass is 10.0. The van der Waals surface area contributed by atoms with E-state index in [0.717, 1.165) is 57.8 Å². The fourth-order valence-corrected chi connectivity index (χ4v) is 9.49. The fraction of sp³-hybridized carbons (Fsp3) is 0.785. The average molecular weight is 1070 g/mol. The Bertz CT molecular complexity index is 1500. The molecule has 436 valence electrons. The normalized spacial score (nSPS) is 13.7. The summed E-state index contributed by atoms with van der Waals surface area (Å²) in [5.41, 5.74) is 0. The summed E-state index contributed by atoms with van der Waals surface area (Å²) >= 11 is 0. The highest BCUT2D eigenvalue weighted by Crippen LogP contribution is 2.43. The van der Waals surface area contributed by atoms with Gasteiger partial charge in [0.25, 0.3) is 0 Å². The third-order valence-corrected chi connectivity index (χ3v) is 14.5. The van der Waals surface area contributed by atoms with Crippen LogP contribution >= 0.6 is 7.82 Å². The summed E-state index contributed by atoms with van der Waals surface area (Å²) in [6, 6.07) is 0. The van der Waals surface area contributed by atoms with Crippen molar-refractivity contribution in [2.75, 3.05) is 47.5 Å². The summed E-state index contributed by atoms with van der Waals surface area (Å²) in [4.78, 5) is 35.7. The molecule has 0 amide bonds. The summed E-state index contributed by atoms with van der Waals surface area (Å²) in [5, 5.41) is 0. The summed E-state index contributed by atoms with van der Waals surface area (Å²) in [6.45, 7) is 4.26. The Hall–Kier alpha value is -2.55. The topological polar surface area (TPSA) is 108 Å². The van der Waals surface area contributed by atoms with Crippen LogP contribution in [0.3, 0.4) is 0 Å². The van der Waals surface area contributed by atoms with Gasteiger partial charge in [0.15, 0.2) is 6.10 Å². The number of unbranched alkanes of at least 4 members (excludes halogenated alkanes) is 31. The van der Waals surface area contributed by atoms with Gasteiger partial charge in [-0.25, -0.2) is 4.57 Å². The van der Waals surface area contributed by atoms with E-state index in [2.05, 4.69) is 74.6 Å². The molecule has 0 aromatic heterocycles. The van der Waals surface area contributed by atoms with Gasteiger partial charge in [-0.2, -0.15) is 0 Å². The first kappa shape index (κ1) is 72.5. The van der Waals surface area contributed by atoms with E-state index in [1.54, 1.807) is 0 Å². The number of esters is 2. The molecule has 0 aliphatic rings. The van der Waals surface area contributed by atoms with Crippen molar-refractivity contribution in [3.8, 4) is 0 Å². The molecule has 1 N–H and O–H groups in total. The van der Waals surface area contributed by atoms with Crippen LogP contribution in [0, 0.1) is 0 Å². The maximum absolute atomic E-state index is 12.8. The van der Waals surface area contributed by atoms with Crippen LogP contribution in [0.2, 0.25) is 0 Å². The Morgan fingerprint density at radius 2 is 0.760 bits per heavy atom. The summed E-state index contributed by atoms with van der Waals surface area (Å²) in [6.07, 6.45) is 74.5. The minimum Gasteiger partial charge on any atom is -0.462 e. The largest absolute Gasteiger partial charge is 0.472 e. The average Bonchev–Trinajstić information content (AvgIpc) is 3.37. The zero-order valence-electron chi connectivity index (χ0n) is 49.5. The number of likely N-dealkylation sites (N-methyl/N-ethyl adjacent to an activating group) is 1. The van der Waals surface area contributed by atoms with Crippen LogP contribution in [-0.2, 0) is 32.7 Å². The summed E-state index contributed by atoms with van der Waals surface area (Å²) in [5.74, 6) is -0.889. The molecule has 0 spiro atoms. The van der Waals surface area contributed by atoms with Crippen LogP contribution in [0.15, 0.2) is 72.9 Å². The van der Waals surface area contributed by atoms with Crippen LogP contribution in [0.4, 0.5) is 0 Å². The first-order valence-corrected chi connectivity index (χ1v) is 32.7. The van der Waals surface area contributed by atoms with E-state index in [1.807, 2.05) is 33.3 Å². The third kappa shape index (κ3) is 60.5. The predicted molar refractivity (Wildman–Crippen MR) is 321 cm³/mol. The van der Waals surface area contributed by atoms with Crippen molar-refractivity contribution in [2.24, 2.45) is 0 Å². The van der Waals surface area contributed by atoms with Crippen LogP contribution in [0.5, 0.6) is 0 Å². The van der Waals surface area contributed by atoms with Crippen LogP contribution in [0.25, 0.3) is 0 Å². The Balaban J connectivity index is 4.08. The lowest BCUT2D eigenvalue weighted by molar-refractivity contribution is -0.870. The number of nitrogens with zero attached hydrogens (tertiary/aromatic N) is 1. The second-order valence-corrected chi connectivity index (χ2v) is 23.5. The monoisotopic (exact) mass is 1070 g/mol. The fourth-order valence-electron chi connectivity index (χ4n) is 8.75. The molecular formula is C65H119NO8P+. The Morgan fingerprint density at radius 3 is 1.11 bits per heavy atom. The Labute approximate surface area is 463 Å². The summed E-state index contributed by atoms with van der Waals surface area (Å²) < 4.78 is 34.5. The van der Waals surface area contributed by atoms with Gasteiger partial charge in [0.2, 0.25) is 0 Å². The smallest absolute Gasteiger partial charge is 0.462 e. The first-order valence-electron chi connectivity index (χ1n) is 31.2. The third-order valence-electron chi connectivity index (χ3n) is 13.5. The maximum Gasteiger partial charge on any atom is 0.472 e. The highest BCUT2D eigenvalue weighted by atomic mass is 31.2. The molecular weight excluding hydrogens is 954 g/mol. The summed E-state index contributed by atoms with van der Waals surface area (Å²) in [7, 11) is 1.43. The van der Waals surface area contributed by atoms with Gasteiger partial charge in [0.1, 0.15) is 19.8 Å². The van der Waals surface area contributed by atoms with Crippen LogP contribution < -0.4 is 0 Å². The number of ether oxygens (including phenoxy) is 2. The van der Waals surface area contributed by atoms with Gasteiger partial charge in [-0.05, 0) is 51.4 Å². The lowest BCUT2D eigenvalue weighted by Crippen LogP contribution is -2.37. The minimum absolute atomic E-state index is 0.0163. The van der Waals surface area contributed by atoms with Crippen molar-refractivity contribution in [1.29, 1.82) is 0 Å². The van der Waals surface area contributed by atoms with E-state index >= 15 is 0 Å². The highest BCUT2D eigenvalue weighted by Gasteiger charge is 2.27. The van der Waals surface area contributed by atoms with Crippen molar-refractivity contribution in [1.82, 2.24) is 0 Å². The van der Waals surface area contributed by atoms with Gasteiger partial charge in [-0.15, -0.1) is 0 Å². The van der Waals surface area contributed by atoms with Crippen molar-refractivity contribution in [3.05, 3.63) is 72.9 Å². The van der Waals surface area contributed by atoms with Crippen molar-refractivity contribution in [3.63, 3.8) is 0 Å². The van der Waals surface area contributed by atoms with Crippen molar-refractivity contribution in [2.45, 2.75) is 283 Å². The quantitative estimate of drug-likeness (QED) is 0.0211. The molecule has 0 saturated carbocycles. The van der Waals surface area contributed by atoms with E-state index < -0.39 is 26.5 Å². The zero-order valence-corrected chi connectivity index (χ0v) is 50.4. The van der Waals surface area contributed by atoms with E-state index in [9.17, 15) is 19.0 Å². The Kier molecular flexibility index (Phi) is 54.3. The molecule has 0 aromatic rings. The molecule has 75 heavy (non-hydrogen) atoms. The van der Waals surface area contributed by atoms with Gasteiger partial charge in [-0.1, -0.05) is 286 Å². The molecule has 2 atom stereocenters. The minimum atomic E-state index is -4.41. The number of allylic oxidation sites excluding steroid dienone is 12. The zero-order chi connectivity index (χ0) is 54.9. The van der Waals surface area contributed by atoms with Gasteiger partial charge >= 0.3 is 19.8 Å². The van der Waals surface area contributed by atoms with Gasteiger partial charge < -0.3 is 18.9 Å². The van der Waals surface area contributed by atoms with E-state index in [0.29, 0.717) is 17.4 Å². The molecule has 0 heterocycles. The SMILES string of the molecule is CC/C=C\C/C=C\C/C=C\C/C=C\C/C=C\C/C=C\CCC(=O)OC(COC(=O)CCCCCCCCCCCCCCCCCCCCCCCCCCCCCCCCCC)COP(=O)(O)OCC[N+](C)(C)C. The van der Waals surface area contributed by atoms with Crippen LogP contribution in [-0.4, -0.2) is 74.9 Å². The van der Waals surface area contributed by atoms with Gasteiger partial charge in [-0.3, -0.25) is 18.6 Å². The van der Waals surface area contributed by atoms with Gasteiger partial charge in [0.05, 0.1) is 27.7 Å². The number of hydrogen-bond acceptors (Lipinski definition) is 7. The van der Waals surface area contributed by atoms with E-state index in [1.165, 1.54) is 186 Å². The molecule has 0 fully saturated rings. The number of carbonyl (C=O) groups is 2. The standard InChI is InChI=1S/C65H118NO8P/c1-6-8-10-12-14-16-18-20-22-24-26-27-28-29-30-31-32-33-34-35-36-37-38-40-41-43-45-47-49-51-53-55-57-64(67)71-61-63(62-73-75(69,70)72-60-59-66(3,4)5)74-65(68)58-56-54-52-50-48-46-44-42-39-25-23-21-19-17-15-13-11-9-7-2/h9,11,15,17,21,23,39,42,46,48,52,54,63H,6-8,10,12-14,16,18-20,22,24-38,40-41,43-45,47,49-51,53,55-62H2,1-5H3/p+1/b11-9-,17-15-,23-21-,42-39-,48-46-,54-52-. The Morgan fingerprint density at radius 1 is 0.427 bits per heavy atom. The van der Waals surface area contributed by atoms with E-state index in [-0.39, 0.29) is 32.0 Å². The second-order valence-electron chi connectivity index (χ2n) is 22.1. The molecule has 10 heteroatoms. The molecule has 0 radical (unpaired) electrons.